The van der Waals surface area contributed by atoms with Gasteiger partial charge < -0.3 is 4.40 Å². The van der Waals surface area contributed by atoms with E-state index in [9.17, 15) is 0 Å². The summed E-state index contributed by atoms with van der Waals surface area (Å²) in [5.74, 6) is 0. The lowest BCUT2D eigenvalue weighted by molar-refractivity contribution is 1.14. The molecule has 12 heavy (non-hydrogen) atoms. The molecule has 0 atom stereocenters. The topological polar surface area (TPSA) is 28.2 Å². The van der Waals surface area contributed by atoms with E-state index in [1.165, 1.54) is 5.56 Å². The number of aryl methyl sites for hydroxylation is 1. The van der Waals surface area contributed by atoms with Gasteiger partial charge in [-0.05, 0) is 30.7 Å². The molecule has 2 heteroatoms. The van der Waals surface area contributed by atoms with Crippen molar-refractivity contribution in [1.29, 1.82) is 5.26 Å². The predicted molar refractivity (Wildman–Crippen MR) is 46.8 cm³/mol. The lowest BCUT2D eigenvalue weighted by Gasteiger charge is -1.97. The van der Waals surface area contributed by atoms with Gasteiger partial charge in [0.15, 0.2) is 0 Å². The third kappa shape index (κ3) is 0.802. The van der Waals surface area contributed by atoms with E-state index in [0.29, 0.717) is 5.69 Å². The zero-order chi connectivity index (χ0) is 8.55. The average Bonchev–Trinajstić information content (AvgIpc) is 2.49. The molecular formula is C10H8N2. The number of nitriles is 1. The van der Waals surface area contributed by atoms with Gasteiger partial charge in [0.2, 0.25) is 0 Å². The second-order valence-corrected chi connectivity index (χ2v) is 2.78. The molecule has 2 nitrogen and oxygen atoms in total. The zero-order valence-corrected chi connectivity index (χ0v) is 6.78. The van der Waals surface area contributed by atoms with Crippen LogP contribution in [0.25, 0.3) is 5.52 Å². The Kier molecular flexibility index (Phi) is 1.38. The summed E-state index contributed by atoms with van der Waals surface area (Å²) in [7, 11) is 0. The Morgan fingerprint density at radius 3 is 2.92 bits per heavy atom. The number of aromatic nitrogens is 1. The van der Waals surface area contributed by atoms with Crippen molar-refractivity contribution in [3.05, 3.63) is 41.7 Å². The van der Waals surface area contributed by atoms with E-state index in [-0.39, 0.29) is 0 Å². The van der Waals surface area contributed by atoms with Crippen LogP contribution in [-0.2, 0) is 0 Å². The summed E-state index contributed by atoms with van der Waals surface area (Å²) in [5, 5.41) is 8.74. The van der Waals surface area contributed by atoms with Crippen molar-refractivity contribution in [2.75, 3.05) is 0 Å². The van der Waals surface area contributed by atoms with Crippen LogP contribution in [0, 0.1) is 18.3 Å². The molecule has 2 rings (SSSR count). The van der Waals surface area contributed by atoms with E-state index in [1.54, 1.807) is 0 Å². The van der Waals surface area contributed by atoms with E-state index >= 15 is 0 Å². The van der Waals surface area contributed by atoms with Crippen molar-refractivity contribution in [2.45, 2.75) is 6.92 Å². The second-order valence-electron chi connectivity index (χ2n) is 2.78. The number of fused-ring (bicyclic) bond motifs is 1. The van der Waals surface area contributed by atoms with E-state index in [0.717, 1.165) is 5.52 Å². The van der Waals surface area contributed by atoms with Crippen LogP contribution in [0.4, 0.5) is 0 Å². The molecule has 0 spiro atoms. The summed E-state index contributed by atoms with van der Waals surface area (Å²) in [6.45, 7) is 2.04. The van der Waals surface area contributed by atoms with Crippen LogP contribution in [0.1, 0.15) is 11.3 Å². The molecule has 0 saturated heterocycles. The molecule has 0 amide bonds. The monoisotopic (exact) mass is 156 g/mol. The zero-order valence-electron chi connectivity index (χ0n) is 6.78. The highest BCUT2D eigenvalue weighted by Crippen LogP contribution is 2.13. The first kappa shape index (κ1) is 6.93. The number of nitrogens with zero attached hydrogens (tertiary/aromatic N) is 2. The van der Waals surface area contributed by atoms with Gasteiger partial charge in [-0.2, -0.15) is 5.26 Å². The molecule has 0 bridgehead atoms. The Morgan fingerprint density at radius 1 is 1.33 bits per heavy atom. The summed E-state index contributed by atoms with van der Waals surface area (Å²) in [6, 6.07) is 9.93. The molecule has 0 aliphatic carbocycles. The summed E-state index contributed by atoms with van der Waals surface area (Å²) in [5.41, 5.74) is 2.99. The predicted octanol–water partition coefficient (Wildman–Crippen LogP) is 2.12. The molecule has 2 heterocycles. The van der Waals surface area contributed by atoms with E-state index in [1.807, 2.05) is 41.8 Å². The maximum absolute atomic E-state index is 8.74. The maximum atomic E-state index is 8.74. The molecule has 0 aliphatic heterocycles. The quantitative estimate of drug-likeness (QED) is 0.574. The van der Waals surface area contributed by atoms with E-state index in [2.05, 4.69) is 6.07 Å². The molecule has 0 saturated carbocycles. The van der Waals surface area contributed by atoms with E-state index in [4.69, 9.17) is 5.26 Å². The summed E-state index contributed by atoms with van der Waals surface area (Å²) in [4.78, 5) is 0. The smallest absolute Gasteiger partial charge is 0.124 e. The lowest BCUT2D eigenvalue weighted by Crippen LogP contribution is -1.87. The first-order chi connectivity index (χ1) is 5.83. The molecule has 0 unspecified atom stereocenters. The number of pyridine rings is 1. The van der Waals surface area contributed by atoms with Crippen molar-refractivity contribution in [1.82, 2.24) is 4.40 Å². The molecule has 2 aromatic heterocycles. The highest BCUT2D eigenvalue weighted by atomic mass is 14.9. The third-order valence-electron chi connectivity index (χ3n) is 2.02. The summed E-state index contributed by atoms with van der Waals surface area (Å²) >= 11 is 0. The van der Waals surface area contributed by atoms with Crippen LogP contribution >= 0.6 is 0 Å². The third-order valence-corrected chi connectivity index (χ3v) is 2.02. The van der Waals surface area contributed by atoms with Crippen LogP contribution in [0.5, 0.6) is 0 Å². The molecule has 0 aliphatic rings. The van der Waals surface area contributed by atoms with Crippen molar-refractivity contribution >= 4 is 5.52 Å². The van der Waals surface area contributed by atoms with Gasteiger partial charge in [-0.3, -0.25) is 0 Å². The van der Waals surface area contributed by atoms with Gasteiger partial charge in [-0.15, -0.1) is 0 Å². The number of hydrogen-bond donors (Lipinski definition) is 0. The Bertz CT molecular complexity index is 460. The first-order valence-corrected chi connectivity index (χ1v) is 3.80. The van der Waals surface area contributed by atoms with Crippen LogP contribution in [0.15, 0.2) is 30.5 Å². The summed E-state index contributed by atoms with van der Waals surface area (Å²) < 4.78 is 1.90. The van der Waals surface area contributed by atoms with Crippen LogP contribution in [-0.4, -0.2) is 4.40 Å². The van der Waals surface area contributed by atoms with Gasteiger partial charge >= 0.3 is 0 Å². The highest BCUT2D eigenvalue weighted by molar-refractivity contribution is 5.57. The minimum absolute atomic E-state index is 0.689. The fraction of sp³-hybridized carbons (Fsp3) is 0.100. The van der Waals surface area contributed by atoms with Crippen LogP contribution < -0.4 is 0 Å². The maximum Gasteiger partial charge on any atom is 0.124 e. The molecule has 2 aromatic rings. The molecule has 0 fully saturated rings. The number of rotatable bonds is 0. The summed E-state index contributed by atoms with van der Waals surface area (Å²) in [6.07, 6.45) is 1.90. The van der Waals surface area contributed by atoms with Crippen molar-refractivity contribution in [2.24, 2.45) is 0 Å². The minimum atomic E-state index is 0.689. The van der Waals surface area contributed by atoms with Crippen molar-refractivity contribution in [3.63, 3.8) is 0 Å². The number of hydrogen-bond acceptors (Lipinski definition) is 1. The average molecular weight is 156 g/mol. The van der Waals surface area contributed by atoms with Gasteiger partial charge in [0.1, 0.15) is 11.8 Å². The highest BCUT2D eigenvalue weighted by Gasteiger charge is 2.00. The van der Waals surface area contributed by atoms with Crippen molar-refractivity contribution in [3.8, 4) is 6.07 Å². The lowest BCUT2D eigenvalue weighted by atomic mass is 10.2. The van der Waals surface area contributed by atoms with Gasteiger partial charge in [0, 0.05) is 11.7 Å². The van der Waals surface area contributed by atoms with Crippen LogP contribution in [0.3, 0.4) is 0 Å². The molecule has 0 radical (unpaired) electrons. The standard InChI is InChI=1S/C10H8N2/c1-8-3-2-6-12-9(7-11)4-5-10(8)12/h2-6H,1H3. The second kappa shape index (κ2) is 2.38. The minimum Gasteiger partial charge on any atom is -0.308 e. The largest absolute Gasteiger partial charge is 0.308 e. The Labute approximate surface area is 70.7 Å². The fourth-order valence-electron chi connectivity index (χ4n) is 1.38. The van der Waals surface area contributed by atoms with Gasteiger partial charge in [-0.25, -0.2) is 0 Å². The Balaban J connectivity index is 2.91. The fourth-order valence-corrected chi connectivity index (χ4v) is 1.38. The Morgan fingerprint density at radius 2 is 2.17 bits per heavy atom. The van der Waals surface area contributed by atoms with Gasteiger partial charge in [0.25, 0.3) is 0 Å². The molecule has 0 N–H and O–H groups in total. The SMILES string of the molecule is Cc1cccn2c(C#N)ccc12. The molecule has 0 aromatic carbocycles. The molecule has 58 valence electrons. The van der Waals surface area contributed by atoms with Gasteiger partial charge in [0.05, 0.1) is 0 Å². The van der Waals surface area contributed by atoms with Gasteiger partial charge in [-0.1, -0.05) is 6.07 Å². The Hall–Kier alpha value is -1.75. The van der Waals surface area contributed by atoms with Crippen LogP contribution in [0.2, 0.25) is 0 Å². The van der Waals surface area contributed by atoms with E-state index < -0.39 is 0 Å². The molecular weight excluding hydrogens is 148 g/mol. The first-order valence-electron chi connectivity index (χ1n) is 3.80. The van der Waals surface area contributed by atoms with Crippen molar-refractivity contribution < 1.29 is 0 Å². The normalized spacial score (nSPS) is 10.0.